The fraction of sp³-hybridized carbons (Fsp3) is 0.909. The minimum atomic E-state index is -0.0557. The number of allylic oxidation sites excluding steroid dienone is 1. The normalized spacial score (nSPS) is 50.7. The molecule has 0 aromatic carbocycles. The summed E-state index contributed by atoms with van der Waals surface area (Å²) in [6, 6.07) is 0. The molecule has 4 rings (SSSR count). The zero-order valence-corrected chi connectivity index (χ0v) is 15.9. The number of aliphatic hydroxyl groups excluding tert-OH is 1. The molecule has 7 atom stereocenters. The molecule has 0 heterocycles. The first-order chi connectivity index (χ1) is 11.5. The molecular formula is C22H36O2. The standard InChI is InChI=1S/C22H36O2/c1-4-13-24-16-9-11-21(2)15(14-16)5-6-17-18-7-8-20(23)22(18,3)12-10-19(17)21/h5,16-20,23H,4,6-14H2,1-3H3. The molecule has 0 radical (unpaired) electrons. The van der Waals surface area contributed by atoms with Crippen molar-refractivity contribution < 1.29 is 9.84 Å². The number of hydrogen-bond donors (Lipinski definition) is 1. The van der Waals surface area contributed by atoms with Crippen molar-refractivity contribution in [3.8, 4) is 0 Å². The second-order valence-electron chi connectivity index (χ2n) is 9.63. The quantitative estimate of drug-likeness (QED) is 0.728. The smallest absolute Gasteiger partial charge is 0.0612 e. The number of aliphatic hydroxyl groups is 1. The van der Waals surface area contributed by atoms with Crippen molar-refractivity contribution >= 4 is 0 Å². The summed E-state index contributed by atoms with van der Waals surface area (Å²) >= 11 is 0. The van der Waals surface area contributed by atoms with Gasteiger partial charge in [-0.25, -0.2) is 0 Å². The van der Waals surface area contributed by atoms with Gasteiger partial charge in [0, 0.05) is 6.61 Å². The van der Waals surface area contributed by atoms with E-state index in [1.54, 1.807) is 5.57 Å². The lowest BCUT2D eigenvalue weighted by atomic mass is 9.48. The van der Waals surface area contributed by atoms with Crippen LogP contribution in [0.15, 0.2) is 11.6 Å². The highest BCUT2D eigenvalue weighted by Gasteiger charge is 2.58. The number of ether oxygens (including phenoxy) is 1. The van der Waals surface area contributed by atoms with Gasteiger partial charge in [0.1, 0.15) is 0 Å². The van der Waals surface area contributed by atoms with Crippen molar-refractivity contribution in [1.29, 1.82) is 0 Å². The third-order valence-electron chi connectivity index (χ3n) is 8.57. The SMILES string of the molecule is CCCOC1CCC2(C)C(=CCC3C2CCC2(C)C(O)CCC32)C1. The summed E-state index contributed by atoms with van der Waals surface area (Å²) in [5.74, 6) is 2.39. The van der Waals surface area contributed by atoms with Gasteiger partial charge in [-0.05, 0) is 86.4 Å². The molecule has 2 nitrogen and oxygen atoms in total. The minimum absolute atomic E-state index is 0.0557. The molecule has 0 aromatic rings. The van der Waals surface area contributed by atoms with Gasteiger partial charge in [-0.2, -0.15) is 0 Å². The van der Waals surface area contributed by atoms with Gasteiger partial charge in [0.15, 0.2) is 0 Å². The number of hydrogen-bond acceptors (Lipinski definition) is 2. The van der Waals surface area contributed by atoms with E-state index in [-0.39, 0.29) is 11.5 Å². The second kappa shape index (κ2) is 6.13. The van der Waals surface area contributed by atoms with Gasteiger partial charge in [0.2, 0.25) is 0 Å². The first kappa shape index (κ1) is 17.1. The van der Waals surface area contributed by atoms with Crippen LogP contribution in [0.2, 0.25) is 0 Å². The van der Waals surface area contributed by atoms with E-state index in [0.29, 0.717) is 11.5 Å². The van der Waals surface area contributed by atoms with E-state index < -0.39 is 0 Å². The Morgan fingerprint density at radius 1 is 1.12 bits per heavy atom. The van der Waals surface area contributed by atoms with Crippen LogP contribution in [0, 0.1) is 28.6 Å². The highest BCUT2D eigenvalue weighted by molar-refractivity contribution is 5.25. The van der Waals surface area contributed by atoms with Gasteiger partial charge in [-0.15, -0.1) is 0 Å². The van der Waals surface area contributed by atoms with Crippen molar-refractivity contribution in [2.75, 3.05) is 6.61 Å². The predicted octanol–water partition coefficient (Wildman–Crippen LogP) is 5.11. The zero-order chi connectivity index (χ0) is 16.9. The van der Waals surface area contributed by atoms with Gasteiger partial charge in [0.05, 0.1) is 12.2 Å². The molecule has 0 aromatic heterocycles. The van der Waals surface area contributed by atoms with Crippen molar-refractivity contribution in [2.24, 2.45) is 28.6 Å². The average molecular weight is 333 g/mol. The molecule has 4 aliphatic rings. The van der Waals surface area contributed by atoms with E-state index in [1.807, 2.05) is 0 Å². The van der Waals surface area contributed by atoms with E-state index in [1.165, 1.54) is 44.9 Å². The third kappa shape index (κ3) is 2.43. The van der Waals surface area contributed by atoms with Crippen LogP contribution in [-0.4, -0.2) is 23.9 Å². The fourth-order valence-corrected chi connectivity index (χ4v) is 7.03. The van der Waals surface area contributed by atoms with Crippen LogP contribution >= 0.6 is 0 Å². The van der Waals surface area contributed by atoms with Crippen molar-refractivity contribution in [1.82, 2.24) is 0 Å². The van der Waals surface area contributed by atoms with Crippen LogP contribution in [0.3, 0.4) is 0 Å². The summed E-state index contributed by atoms with van der Waals surface area (Å²) in [7, 11) is 0. The molecule has 4 aliphatic carbocycles. The molecule has 3 saturated carbocycles. The molecule has 2 heteroatoms. The van der Waals surface area contributed by atoms with Crippen LogP contribution in [0.1, 0.15) is 78.6 Å². The Labute approximate surface area is 148 Å². The maximum atomic E-state index is 10.6. The lowest BCUT2D eigenvalue weighted by Gasteiger charge is -2.57. The Morgan fingerprint density at radius 3 is 2.75 bits per heavy atom. The maximum absolute atomic E-state index is 10.6. The Bertz CT molecular complexity index is 512. The van der Waals surface area contributed by atoms with E-state index in [4.69, 9.17) is 4.74 Å². The van der Waals surface area contributed by atoms with E-state index in [9.17, 15) is 5.11 Å². The topological polar surface area (TPSA) is 29.5 Å². The molecular weight excluding hydrogens is 296 g/mol. The number of rotatable bonds is 3. The van der Waals surface area contributed by atoms with Crippen molar-refractivity contribution in [3.05, 3.63) is 11.6 Å². The highest BCUT2D eigenvalue weighted by Crippen LogP contribution is 2.64. The summed E-state index contributed by atoms with van der Waals surface area (Å²) in [4.78, 5) is 0. The Balaban J connectivity index is 1.55. The summed E-state index contributed by atoms with van der Waals surface area (Å²) < 4.78 is 6.09. The zero-order valence-electron chi connectivity index (χ0n) is 15.9. The molecule has 0 amide bonds. The van der Waals surface area contributed by atoms with Crippen LogP contribution in [-0.2, 0) is 4.74 Å². The van der Waals surface area contributed by atoms with Crippen LogP contribution in [0.25, 0.3) is 0 Å². The molecule has 24 heavy (non-hydrogen) atoms. The van der Waals surface area contributed by atoms with Gasteiger partial charge < -0.3 is 9.84 Å². The fourth-order valence-electron chi connectivity index (χ4n) is 7.03. The Kier molecular flexibility index (Phi) is 4.36. The second-order valence-corrected chi connectivity index (χ2v) is 9.63. The van der Waals surface area contributed by atoms with Gasteiger partial charge in [0.25, 0.3) is 0 Å². The molecule has 1 N–H and O–H groups in total. The summed E-state index contributed by atoms with van der Waals surface area (Å²) in [5, 5.41) is 10.6. The molecule has 3 fully saturated rings. The monoisotopic (exact) mass is 332 g/mol. The first-order valence-electron chi connectivity index (χ1n) is 10.5. The van der Waals surface area contributed by atoms with E-state index in [0.717, 1.165) is 37.2 Å². The molecule has 136 valence electrons. The van der Waals surface area contributed by atoms with Crippen molar-refractivity contribution in [2.45, 2.75) is 90.8 Å². The highest BCUT2D eigenvalue weighted by atomic mass is 16.5. The van der Waals surface area contributed by atoms with Crippen molar-refractivity contribution in [3.63, 3.8) is 0 Å². The lowest BCUT2D eigenvalue weighted by Crippen LogP contribution is -2.51. The van der Waals surface area contributed by atoms with Crippen LogP contribution in [0.5, 0.6) is 0 Å². The molecule has 0 aliphatic heterocycles. The third-order valence-corrected chi connectivity index (χ3v) is 8.57. The molecule has 0 bridgehead atoms. The minimum Gasteiger partial charge on any atom is -0.393 e. The van der Waals surface area contributed by atoms with Crippen LogP contribution < -0.4 is 0 Å². The first-order valence-corrected chi connectivity index (χ1v) is 10.5. The molecule has 0 spiro atoms. The average Bonchev–Trinajstić information content (AvgIpc) is 2.88. The van der Waals surface area contributed by atoms with Crippen LogP contribution in [0.4, 0.5) is 0 Å². The van der Waals surface area contributed by atoms with Gasteiger partial charge >= 0.3 is 0 Å². The Morgan fingerprint density at radius 2 is 1.96 bits per heavy atom. The van der Waals surface area contributed by atoms with Gasteiger partial charge in [-0.3, -0.25) is 0 Å². The summed E-state index contributed by atoms with van der Waals surface area (Å²) in [6.07, 6.45) is 13.9. The summed E-state index contributed by atoms with van der Waals surface area (Å²) in [5.41, 5.74) is 2.31. The lowest BCUT2D eigenvalue weighted by molar-refractivity contribution is -0.0755. The molecule has 0 saturated heterocycles. The predicted molar refractivity (Wildman–Crippen MR) is 97.7 cm³/mol. The van der Waals surface area contributed by atoms with E-state index in [2.05, 4.69) is 26.8 Å². The maximum Gasteiger partial charge on any atom is 0.0612 e. The summed E-state index contributed by atoms with van der Waals surface area (Å²) in [6.45, 7) is 8.05. The largest absolute Gasteiger partial charge is 0.393 e. The Hall–Kier alpha value is -0.340. The van der Waals surface area contributed by atoms with E-state index >= 15 is 0 Å². The van der Waals surface area contributed by atoms with Gasteiger partial charge in [-0.1, -0.05) is 32.4 Å². The number of fused-ring (bicyclic) bond motifs is 5. The molecule has 7 unspecified atom stereocenters.